The average molecular weight is 284 g/mol. The van der Waals surface area contributed by atoms with Gasteiger partial charge in [-0.3, -0.25) is 9.69 Å². The van der Waals surface area contributed by atoms with Crippen molar-refractivity contribution in [1.29, 1.82) is 0 Å². The first-order valence-corrected chi connectivity index (χ1v) is 6.75. The first kappa shape index (κ1) is 14.3. The number of hydrogen-bond donors (Lipinski definition) is 1. The number of hydrogen-bond acceptors (Lipinski definition) is 3. The molecule has 0 spiro atoms. The number of aliphatic carboxylic acids is 1. The van der Waals surface area contributed by atoms with E-state index >= 15 is 0 Å². The lowest BCUT2D eigenvalue weighted by atomic mass is 10.00. The Balaban J connectivity index is 2.15. The Kier molecular flexibility index (Phi) is 4.80. The van der Waals surface area contributed by atoms with E-state index in [1.165, 1.54) is 0 Å². The summed E-state index contributed by atoms with van der Waals surface area (Å²) in [6.07, 6.45) is 0.474. The molecule has 0 bridgehead atoms. The third kappa shape index (κ3) is 3.69. The number of halogens is 1. The minimum absolute atomic E-state index is 0.474. The van der Waals surface area contributed by atoms with Gasteiger partial charge in [-0.1, -0.05) is 17.7 Å². The SMILES string of the molecule is Cc1ccc(Cl)cc1C[C@H](C(=O)O)N1CCOCC1. The monoisotopic (exact) mass is 283 g/mol. The lowest BCUT2D eigenvalue weighted by Crippen LogP contribution is -2.48. The van der Waals surface area contributed by atoms with Crippen LogP contribution < -0.4 is 0 Å². The van der Waals surface area contributed by atoms with Crippen LogP contribution in [0, 0.1) is 6.92 Å². The van der Waals surface area contributed by atoms with Crippen LogP contribution >= 0.6 is 11.6 Å². The third-order valence-corrected chi connectivity index (χ3v) is 3.73. The van der Waals surface area contributed by atoms with E-state index in [9.17, 15) is 9.90 Å². The summed E-state index contributed by atoms with van der Waals surface area (Å²) in [7, 11) is 0. The zero-order valence-electron chi connectivity index (χ0n) is 10.9. The predicted molar refractivity (Wildman–Crippen MR) is 73.7 cm³/mol. The van der Waals surface area contributed by atoms with Crippen LogP contribution in [0.5, 0.6) is 0 Å². The zero-order chi connectivity index (χ0) is 13.8. The quantitative estimate of drug-likeness (QED) is 0.918. The first-order valence-electron chi connectivity index (χ1n) is 6.37. The standard InChI is InChI=1S/C14H18ClNO3/c1-10-2-3-12(15)8-11(10)9-13(14(17)18)16-4-6-19-7-5-16/h2-3,8,13H,4-7,9H2,1H3,(H,17,18)/t13-/m1/s1. The van der Waals surface area contributed by atoms with Crippen LogP contribution in [0.15, 0.2) is 18.2 Å². The van der Waals surface area contributed by atoms with E-state index < -0.39 is 12.0 Å². The van der Waals surface area contributed by atoms with E-state index in [0.717, 1.165) is 11.1 Å². The van der Waals surface area contributed by atoms with Gasteiger partial charge >= 0.3 is 5.97 Å². The maximum Gasteiger partial charge on any atom is 0.321 e. The highest BCUT2D eigenvalue weighted by atomic mass is 35.5. The smallest absolute Gasteiger partial charge is 0.321 e. The Hall–Kier alpha value is -1.10. The number of aryl methyl sites for hydroxylation is 1. The fourth-order valence-corrected chi connectivity index (χ4v) is 2.52. The molecule has 0 aliphatic carbocycles. The highest BCUT2D eigenvalue weighted by Gasteiger charge is 2.27. The van der Waals surface area contributed by atoms with Crippen molar-refractivity contribution in [3.63, 3.8) is 0 Å². The molecule has 1 aliphatic rings. The van der Waals surface area contributed by atoms with Crippen LogP contribution in [-0.2, 0) is 16.0 Å². The molecule has 2 rings (SSSR count). The van der Waals surface area contributed by atoms with Gasteiger partial charge in [0.1, 0.15) is 6.04 Å². The molecule has 0 radical (unpaired) electrons. The van der Waals surface area contributed by atoms with Gasteiger partial charge in [0.15, 0.2) is 0 Å². The number of carbonyl (C=O) groups is 1. The Labute approximate surface area is 117 Å². The van der Waals surface area contributed by atoms with E-state index in [1.54, 1.807) is 0 Å². The Morgan fingerprint density at radius 3 is 2.79 bits per heavy atom. The van der Waals surface area contributed by atoms with Crippen molar-refractivity contribution in [3.05, 3.63) is 34.3 Å². The number of morpholine rings is 1. The number of nitrogens with zero attached hydrogens (tertiary/aromatic N) is 1. The number of benzene rings is 1. The fraction of sp³-hybridized carbons (Fsp3) is 0.500. The van der Waals surface area contributed by atoms with Crippen LogP contribution in [0.1, 0.15) is 11.1 Å². The Bertz CT molecular complexity index is 458. The molecule has 0 amide bonds. The lowest BCUT2D eigenvalue weighted by molar-refractivity contribution is -0.145. The molecule has 1 aromatic rings. The molecule has 1 aliphatic heterocycles. The van der Waals surface area contributed by atoms with E-state index in [2.05, 4.69) is 0 Å². The molecule has 1 N–H and O–H groups in total. The lowest BCUT2D eigenvalue weighted by Gasteiger charge is -2.32. The molecule has 5 heteroatoms. The summed E-state index contributed by atoms with van der Waals surface area (Å²) in [5.41, 5.74) is 2.07. The average Bonchev–Trinajstić information content (AvgIpc) is 2.40. The Morgan fingerprint density at radius 2 is 2.16 bits per heavy atom. The highest BCUT2D eigenvalue weighted by molar-refractivity contribution is 6.30. The van der Waals surface area contributed by atoms with Crippen molar-refractivity contribution in [2.45, 2.75) is 19.4 Å². The normalized spacial score (nSPS) is 18.2. The summed E-state index contributed by atoms with van der Waals surface area (Å²) >= 11 is 5.98. The fourth-order valence-electron chi connectivity index (χ4n) is 2.33. The first-order chi connectivity index (χ1) is 9.08. The molecular weight excluding hydrogens is 266 g/mol. The van der Waals surface area contributed by atoms with Gasteiger partial charge in [-0.05, 0) is 36.6 Å². The van der Waals surface area contributed by atoms with Crippen LogP contribution in [0.25, 0.3) is 0 Å². The van der Waals surface area contributed by atoms with Gasteiger partial charge in [0.05, 0.1) is 13.2 Å². The van der Waals surface area contributed by atoms with Crippen molar-refractivity contribution >= 4 is 17.6 Å². The molecule has 104 valence electrons. The van der Waals surface area contributed by atoms with Gasteiger partial charge in [-0.2, -0.15) is 0 Å². The summed E-state index contributed by atoms with van der Waals surface area (Å²) in [6.45, 7) is 4.49. The molecule has 1 heterocycles. The largest absolute Gasteiger partial charge is 0.480 e. The van der Waals surface area contributed by atoms with Gasteiger partial charge in [-0.25, -0.2) is 0 Å². The van der Waals surface area contributed by atoms with Crippen molar-refractivity contribution in [1.82, 2.24) is 4.90 Å². The van der Waals surface area contributed by atoms with E-state index in [1.807, 2.05) is 30.0 Å². The Morgan fingerprint density at radius 1 is 1.47 bits per heavy atom. The topological polar surface area (TPSA) is 49.8 Å². The molecule has 4 nitrogen and oxygen atoms in total. The molecule has 1 aromatic carbocycles. The maximum atomic E-state index is 11.5. The summed E-state index contributed by atoms with van der Waals surface area (Å²) in [4.78, 5) is 13.4. The summed E-state index contributed by atoms with van der Waals surface area (Å²) in [5, 5.41) is 10.1. The molecule has 1 atom stereocenters. The van der Waals surface area contributed by atoms with E-state index in [0.29, 0.717) is 37.7 Å². The van der Waals surface area contributed by atoms with Gasteiger partial charge < -0.3 is 9.84 Å². The van der Waals surface area contributed by atoms with E-state index in [4.69, 9.17) is 16.3 Å². The molecule has 0 unspecified atom stereocenters. The van der Waals surface area contributed by atoms with Crippen molar-refractivity contribution in [2.75, 3.05) is 26.3 Å². The maximum absolute atomic E-state index is 11.5. The predicted octanol–water partition coefficient (Wildman–Crippen LogP) is 1.98. The number of rotatable bonds is 4. The van der Waals surface area contributed by atoms with Crippen LogP contribution in [0.3, 0.4) is 0 Å². The van der Waals surface area contributed by atoms with Gasteiger partial charge in [0, 0.05) is 18.1 Å². The zero-order valence-corrected chi connectivity index (χ0v) is 11.7. The van der Waals surface area contributed by atoms with Crippen LogP contribution in [0.4, 0.5) is 0 Å². The molecular formula is C14H18ClNO3. The summed E-state index contributed by atoms with van der Waals surface area (Å²) in [6, 6.07) is 5.09. The molecule has 1 saturated heterocycles. The van der Waals surface area contributed by atoms with Crippen LogP contribution in [-0.4, -0.2) is 48.3 Å². The number of carboxylic acids is 1. The second-order valence-electron chi connectivity index (χ2n) is 4.78. The minimum atomic E-state index is -0.790. The molecule has 0 aromatic heterocycles. The van der Waals surface area contributed by atoms with Crippen molar-refractivity contribution in [2.24, 2.45) is 0 Å². The number of carboxylic acid groups (broad SMARTS) is 1. The molecule has 1 fully saturated rings. The highest BCUT2D eigenvalue weighted by Crippen LogP contribution is 2.19. The summed E-state index contributed by atoms with van der Waals surface area (Å²) in [5.74, 6) is -0.790. The third-order valence-electron chi connectivity index (χ3n) is 3.50. The van der Waals surface area contributed by atoms with Gasteiger partial charge in [0.2, 0.25) is 0 Å². The summed E-state index contributed by atoms with van der Waals surface area (Å²) < 4.78 is 5.27. The van der Waals surface area contributed by atoms with Crippen LogP contribution in [0.2, 0.25) is 5.02 Å². The van der Waals surface area contributed by atoms with E-state index in [-0.39, 0.29) is 0 Å². The molecule has 19 heavy (non-hydrogen) atoms. The van der Waals surface area contributed by atoms with Crippen molar-refractivity contribution in [3.8, 4) is 0 Å². The second kappa shape index (κ2) is 6.37. The van der Waals surface area contributed by atoms with Gasteiger partial charge in [0.25, 0.3) is 0 Å². The van der Waals surface area contributed by atoms with Crippen molar-refractivity contribution < 1.29 is 14.6 Å². The second-order valence-corrected chi connectivity index (χ2v) is 5.21. The van der Waals surface area contributed by atoms with Gasteiger partial charge in [-0.15, -0.1) is 0 Å². The number of ether oxygens (including phenoxy) is 1. The minimum Gasteiger partial charge on any atom is -0.480 e. The molecule has 0 saturated carbocycles.